The summed E-state index contributed by atoms with van der Waals surface area (Å²) in [6.45, 7) is 4.51. The number of para-hydroxylation sites is 1. The van der Waals surface area contributed by atoms with Crippen LogP contribution in [0.5, 0.6) is 5.75 Å². The summed E-state index contributed by atoms with van der Waals surface area (Å²) < 4.78 is 8.13. The zero-order valence-electron chi connectivity index (χ0n) is 16.5. The Balaban J connectivity index is 1.49. The Bertz CT molecular complexity index is 1140. The fraction of sp³-hybridized carbons (Fsp3) is 0.250. The first-order valence-electron chi connectivity index (χ1n) is 9.52. The summed E-state index contributed by atoms with van der Waals surface area (Å²) in [7, 11) is 0. The van der Waals surface area contributed by atoms with Crippen LogP contribution in [-0.4, -0.2) is 43.0 Å². The number of ether oxygens (including phenoxy) is 1. The smallest absolute Gasteiger partial charge is 0.239 e. The van der Waals surface area contributed by atoms with E-state index in [-0.39, 0.29) is 11.2 Å². The highest BCUT2D eigenvalue weighted by molar-refractivity contribution is 8.00. The SMILES string of the molecule is CCOc1ccc2nc(NC(=O)C(CC)Sc3nnnn3-c3ccccc3)sc2c1. The molecule has 0 aliphatic carbocycles. The van der Waals surface area contributed by atoms with Gasteiger partial charge in [0, 0.05) is 0 Å². The summed E-state index contributed by atoms with van der Waals surface area (Å²) in [5.74, 6) is 0.662. The number of carbonyl (C=O) groups excluding carboxylic acids is 1. The molecule has 1 N–H and O–H groups in total. The predicted octanol–water partition coefficient (Wildman–Crippen LogP) is 4.18. The molecule has 0 fully saturated rings. The Kier molecular flexibility index (Phi) is 6.24. The fourth-order valence-electron chi connectivity index (χ4n) is 2.83. The predicted molar refractivity (Wildman–Crippen MR) is 119 cm³/mol. The number of anilines is 1. The van der Waals surface area contributed by atoms with Crippen molar-refractivity contribution in [3.63, 3.8) is 0 Å². The average Bonchev–Trinajstić information content (AvgIpc) is 3.38. The number of amides is 1. The van der Waals surface area contributed by atoms with Gasteiger partial charge < -0.3 is 10.1 Å². The Morgan fingerprint density at radius 2 is 2.07 bits per heavy atom. The van der Waals surface area contributed by atoms with E-state index in [0.29, 0.717) is 23.3 Å². The van der Waals surface area contributed by atoms with Crippen LogP contribution in [0.2, 0.25) is 0 Å². The van der Waals surface area contributed by atoms with Gasteiger partial charge in [-0.25, -0.2) is 4.98 Å². The van der Waals surface area contributed by atoms with Crippen LogP contribution in [0.3, 0.4) is 0 Å². The zero-order valence-corrected chi connectivity index (χ0v) is 18.1. The van der Waals surface area contributed by atoms with Crippen LogP contribution in [0.15, 0.2) is 53.7 Å². The van der Waals surface area contributed by atoms with Gasteiger partial charge in [-0.05, 0) is 54.1 Å². The van der Waals surface area contributed by atoms with E-state index in [1.165, 1.54) is 23.1 Å². The van der Waals surface area contributed by atoms with Crippen LogP contribution in [-0.2, 0) is 4.79 Å². The average molecular weight is 441 g/mol. The second-order valence-corrected chi connectivity index (χ2v) is 8.49. The summed E-state index contributed by atoms with van der Waals surface area (Å²) in [6.07, 6.45) is 0.623. The van der Waals surface area contributed by atoms with Crippen LogP contribution >= 0.6 is 23.1 Å². The number of carbonyl (C=O) groups is 1. The van der Waals surface area contributed by atoms with Crippen molar-refractivity contribution in [2.75, 3.05) is 11.9 Å². The van der Waals surface area contributed by atoms with E-state index in [0.717, 1.165) is 21.7 Å². The summed E-state index contributed by atoms with van der Waals surface area (Å²) >= 11 is 2.76. The van der Waals surface area contributed by atoms with E-state index < -0.39 is 0 Å². The number of hydrogen-bond acceptors (Lipinski definition) is 8. The number of nitrogens with one attached hydrogen (secondary N) is 1. The minimum Gasteiger partial charge on any atom is -0.494 e. The number of thioether (sulfide) groups is 1. The van der Waals surface area contributed by atoms with Gasteiger partial charge in [0.25, 0.3) is 0 Å². The molecule has 0 aliphatic heterocycles. The van der Waals surface area contributed by atoms with Gasteiger partial charge in [0.15, 0.2) is 5.13 Å². The molecule has 30 heavy (non-hydrogen) atoms. The molecule has 0 spiro atoms. The Hall–Kier alpha value is -2.98. The number of nitrogens with zero attached hydrogens (tertiary/aromatic N) is 5. The number of tetrazole rings is 1. The van der Waals surface area contributed by atoms with E-state index in [1.54, 1.807) is 4.68 Å². The maximum atomic E-state index is 12.9. The second kappa shape index (κ2) is 9.23. The number of rotatable bonds is 8. The number of aromatic nitrogens is 5. The van der Waals surface area contributed by atoms with Gasteiger partial charge >= 0.3 is 0 Å². The molecule has 0 aliphatic rings. The summed E-state index contributed by atoms with van der Waals surface area (Å²) in [4.78, 5) is 17.4. The van der Waals surface area contributed by atoms with Gasteiger partial charge in [0.2, 0.25) is 11.1 Å². The standard InChI is InChI=1S/C20H20N6O2S2/c1-3-16(30-20-23-24-25-26(20)13-8-6-5-7-9-13)18(27)22-19-21-15-11-10-14(28-4-2)12-17(15)29-19/h5-12,16H,3-4H2,1-2H3,(H,21,22,27). The highest BCUT2D eigenvalue weighted by Crippen LogP contribution is 2.31. The molecule has 1 amide bonds. The van der Waals surface area contributed by atoms with E-state index in [1.807, 2.05) is 62.4 Å². The summed E-state index contributed by atoms with van der Waals surface area (Å²) in [6, 6.07) is 15.3. The molecule has 2 heterocycles. The highest BCUT2D eigenvalue weighted by atomic mass is 32.2. The Labute approximate surface area is 181 Å². The maximum Gasteiger partial charge on any atom is 0.239 e. The first kappa shape index (κ1) is 20.3. The summed E-state index contributed by atoms with van der Waals surface area (Å²) in [5.41, 5.74) is 1.67. The molecule has 0 radical (unpaired) electrons. The van der Waals surface area contributed by atoms with Crippen molar-refractivity contribution in [1.29, 1.82) is 0 Å². The molecule has 2 aromatic heterocycles. The first-order chi connectivity index (χ1) is 14.7. The zero-order chi connectivity index (χ0) is 20.9. The number of thiazole rings is 1. The van der Waals surface area contributed by atoms with Gasteiger partial charge in [-0.15, -0.1) is 5.10 Å². The molecular formula is C20H20N6O2S2. The van der Waals surface area contributed by atoms with Crippen molar-refractivity contribution in [2.45, 2.75) is 30.7 Å². The van der Waals surface area contributed by atoms with E-state index in [9.17, 15) is 4.79 Å². The second-order valence-electron chi connectivity index (χ2n) is 6.29. The fourth-order valence-corrected chi connectivity index (χ4v) is 4.64. The quantitative estimate of drug-likeness (QED) is 0.411. The first-order valence-corrected chi connectivity index (χ1v) is 11.2. The monoisotopic (exact) mass is 440 g/mol. The molecule has 0 saturated carbocycles. The van der Waals surface area contributed by atoms with Gasteiger partial charge in [0.05, 0.1) is 27.8 Å². The molecule has 4 aromatic rings. The van der Waals surface area contributed by atoms with E-state index >= 15 is 0 Å². The molecule has 154 valence electrons. The lowest BCUT2D eigenvalue weighted by Crippen LogP contribution is -2.25. The number of benzene rings is 2. The topological polar surface area (TPSA) is 94.8 Å². The Morgan fingerprint density at radius 1 is 1.23 bits per heavy atom. The highest BCUT2D eigenvalue weighted by Gasteiger charge is 2.23. The van der Waals surface area contributed by atoms with Crippen LogP contribution in [0, 0.1) is 0 Å². The maximum absolute atomic E-state index is 12.9. The normalized spacial score (nSPS) is 12.1. The lowest BCUT2D eigenvalue weighted by molar-refractivity contribution is -0.115. The van der Waals surface area contributed by atoms with Crippen LogP contribution in [0.4, 0.5) is 5.13 Å². The lowest BCUT2D eigenvalue weighted by Gasteiger charge is -2.12. The summed E-state index contributed by atoms with van der Waals surface area (Å²) in [5, 5.41) is 15.6. The molecule has 10 heteroatoms. The molecule has 2 aromatic carbocycles. The lowest BCUT2D eigenvalue weighted by atomic mass is 10.3. The third-order valence-electron chi connectivity index (χ3n) is 4.25. The van der Waals surface area contributed by atoms with Crippen molar-refractivity contribution in [3.8, 4) is 11.4 Å². The molecule has 4 rings (SSSR count). The molecule has 0 bridgehead atoms. The van der Waals surface area contributed by atoms with E-state index in [4.69, 9.17) is 4.74 Å². The largest absolute Gasteiger partial charge is 0.494 e. The van der Waals surface area contributed by atoms with Crippen LogP contribution in [0.25, 0.3) is 15.9 Å². The molecule has 0 saturated heterocycles. The van der Waals surface area contributed by atoms with Crippen LogP contribution < -0.4 is 10.1 Å². The third kappa shape index (κ3) is 4.44. The van der Waals surface area contributed by atoms with Crippen LogP contribution in [0.1, 0.15) is 20.3 Å². The van der Waals surface area contributed by atoms with Gasteiger partial charge in [-0.1, -0.05) is 48.2 Å². The van der Waals surface area contributed by atoms with Gasteiger partial charge in [0.1, 0.15) is 5.75 Å². The van der Waals surface area contributed by atoms with E-state index in [2.05, 4.69) is 25.8 Å². The van der Waals surface area contributed by atoms with Crippen molar-refractivity contribution >= 4 is 44.4 Å². The molecular weight excluding hydrogens is 420 g/mol. The van der Waals surface area contributed by atoms with Crippen molar-refractivity contribution in [1.82, 2.24) is 25.2 Å². The van der Waals surface area contributed by atoms with Gasteiger partial charge in [-0.3, -0.25) is 4.79 Å². The number of hydrogen-bond donors (Lipinski definition) is 1. The van der Waals surface area contributed by atoms with Crippen molar-refractivity contribution in [3.05, 3.63) is 48.5 Å². The molecule has 8 nitrogen and oxygen atoms in total. The van der Waals surface area contributed by atoms with Gasteiger partial charge in [-0.2, -0.15) is 4.68 Å². The van der Waals surface area contributed by atoms with Crippen molar-refractivity contribution < 1.29 is 9.53 Å². The minimum atomic E-state index is -0.357. The Morgan fingerprint density at radius 3 is 2.83 bits per heavy atom. The molecule has 1 unspecified atom stereocenters. The minimum absolute atomic E-state index is 0.130. The number of fused-ring (bicyclic) bond motifs is 1. The third-order valence-corrected chi connectivity index (χ3v) is 6.48. The molecule has 1 atom stereocenters. The van der Waals surface area contributed by atoms with Crippen molar-refractivity contribution in [2.24, 2.45) is 0 Å².